The van der Waals surface area contributed by atoms with Gasteiger partial charge in [0.2, 0.25) is 6.10 Å². The Morgan fingerprint density at radius 3 is 2.58 bits per heavy atom. The third-order valence-corrected chi connectivity index (χ3v) is 8.80. The van der Waals surface area contributed by atoms with Crippen LogP contribution in [0.5, 0.6) is 11.5 Å². The molecule has 6 rings (SSSR count). The number of phenolic OH excluding ortho intramolecular Hbond substituents is 1. The Balaban J connectivity index is 1.26. The van der Waals surface area contributed by atoms with Crippen LogP contribution in [0, 0.1) is 0 Å². The number of phenols is 1. The van der Waals surface area contributed by atoms with Gasteiger partial charge in [0.25, 0.3) is 0 Å². The van der Waals surface area contributed by atoms with Crippen molar-refractivity contribution < 1.29 is 43.5 Å². The van der Waals surface area contributed by atoms with Crippen LogP contribution in [-0.4, -0.2) is 70.5 Å². The number of nitrogens with zero attached hydrogens (tertiary/aromatic N) is 1. The largest absolute Gasteiger partial charge is 0.504 e. The molecule has 6 atom stereocenters. The Labute approximate surface area is 231 Å². The molecule has 2 aromatic carbocycles. The number of carbonyl (C=O) groups excluding carboxylic acids is 3. The third kappa shape index (κ3) is 3.73. The van der Waals surface area contributed by atoms with Gasteiger partial charge in [-0.15, -0.1) is 0 Å². The number of hydrogen-bond donors (Lipinski definition) is 2. The van der Waals surface area contributed by atoms with Crippen molar-refractivity contribution in [2.24, 2.45) is 0 Å². The number of aliphatic hydroxyl groups is 1. The molecule has 40 heavy (non-hydrogen) atoms. The second-order valence-electron chi connectivity index (χ2n) is 11.0. The minimum atomic E-state index is -1.34. The zero-order valence-electron chi connectivity index (χ0n) is 22.5. The standard InChI is InChI=1S/C30H31NO9/c1-16(37-28(35)24(38-17(2)32)18-7-5-4-6-8-18)27(34)39-21-11-12-30(36)22-15-19-9-10-20(33)25-23(19)29(30,26(21)40-25)13-14-31(22)3/h4-11,16,22,24,26,33,36H,12-15H2,1-3H3/t16?,22-,24+,26+,29+,30-/m1/s1. The molecule has 0 amide bonds. The summed E-state index contributed by atoms with van der Waals surface area (Å²) in [6, 6.07) is 11.6. The molecule has 2 heterocycles. The van der Waals surface area contributed by atoms with E-state index in [1.165, 1.54) is 13.8 Å². The molecule has 2 aromatic rings. The molecule has 1 fully saturated rings. The maximum absolute atomic E-state index is 13.2. The van der Waals surface area contributed by atoms with E-state index < -0.39 is 47.2 Å². The lowest BCUT2D eigenvalue weighted by molar-refractivity contribution is -0.180. The summed E-state index contributed by atoms with van der Waals surface area (Å²) in [6.45, 7) is 3.24. The average molecular weight is 550 g/mol. The SMILES string of the molecule is CC(=O)O[C@H](C(=O)OC(C)C(=O)OC1=CC[C@@]2(O)[C@H]3Cc4ccc(O)c5c4[C@@]2(CCN3C)[C@H]1O5)c1ccccc1. The van der Waals surface area contributed by atoms with Crippen molar-refractivity contribution in [2.75, 3.05) is 13.6 Å². The summed E-state index contributed by atoms with van der Waals surface area (Å²) in [6.07, 6.45) is -0.521. The predicted octanol–water partition coefficient (Wildman–Crippen LogP) is 2.45. The molecule has 0 saturated carbocycles. The number of benzene rings is 2. The molecule has 210 valence electrons. The van der Waals surface area contributed by atoms with Gasteiger partial charge < -0.3 is 34.1 Å². The number of aromatic hydroxyl groups is 1. The van der Waals surface area contributed by atoms with E-state index in [1.54, 1.807) is 42.5 Å². The first-order valence-electron chi connectivity index (χ1n) is 13.4. The first-order chi connectivity index (χ1) is 19.1. The second kappa shape index (κ2) is 9.35. The Bertz CT molecular complexity index is 1420. The zero-order valence-corrected chi connectivity index (χ0v) is 22.5. The Morgan fingerprint density at radius 2 is 1.85 bits per heavy atom. The fourth-order valence-electron chi connectivity index (χ4n) is 6.97. The molecule has 2 aliphatic heterocycles. The van der Waals surface area contributed by atoms with Gasteiger partial charge >= 0.3 is 17.9 Å². The Kier molecular flexibility index (Phi) is 6.15. The molecule has 0 aromatic heterocycles. The highest BCUT2D eigenvalue weighted by atomic mass is 16.6. The molecule has 2 aliphatic carbocycles. The van der Waals surface area contributed by atoms with E-state index in [-0.39, 0.29) is 24.0 Å². The van der Waals surface area contributed by atoms with E-state index in [4.69, 9.17) is 18.9 Å². The Hall–Kier alpha value is -3.89. The quantitative estimate of drug-likeness (QED) is 0.409. The number of likely N-dealkylation sites (N-methyl/N-ethyl adjacent to an activating group) is 1. The summed E-state index contributed by atoms with van der Waals surface area (Å²) in [4.78, 5) is 39.9. The average Bonchev–Trinajstić information content (AvgIpc) is 3.29. The molecule has 10 heteroatoms. The van der Waals surface area contributed by atoms with Crippen molar-refractivity contribution in [3.63, 3.8) is 0 Å². The minimum Gasteiger partial charge on any atom is -0.504 e. The molecule has 2 N–H and O–H groups in total. The fourth-order valence-corrected chi connectivity index (χ4v) is 6.97. The van der Waals surface area contributed by atoms with Gasteiger partial charge in [-0.05, 0) is 51.1 Å². The van der Waals surface area contributed by atoms with Gasteiger partial charge in [0.05, 0.1) is 11.0 Å². The number of likely N-dealkylation sites (tertiary alicyclic amines) is 1. The summed E-state index contributed by atoms with van der Waals surface area (Å²) in [5, 5.41) is 22.9. The minimum absolute atomic E-state index is 0.0346. The van der Waals surface area contributed by atoms with Gasteiger partial charge in [-0.3, -0.25) is 4.79 Å². The normalized spacial score (nSPS) is 29.2. The second-order valence-corrected chi connectivity index (χ2v) is 11.0. The van der Waals surface area contributed by atoms with E-state index in [2.05, 4.69) is 4.90 Å². The van der Waals surface area contributed by atoms with Gasteiger partial charge in [0, 0.05) is 30.5 Å². The van der Waals surface area contributed by atoms with Crippen molar-refractivity contribution in [3.05, 3.63) is 71.0 Å². The number of piperidine rings is 1. The van der Waals surface area contributed by atoms with Crippen molar-refractivity contribution in [1.29, 1.82) is 0 Å². The lowest BCUT2D eigenvalue weighted by atomic mass is 9.50. The number of carbonyl (C=O) groups is 3. The monoisotopic (exact) mass is 549 g/mol. The summed E-state index contributed by atoms with van der Waals surface area (Å²) in [5.41, 5.74) is 0.0569. The van der Waals surface area contributed by atoms with Crippen LogP contribution in [0.2, 0.25) is 0 Å². The first-order valence-corrected chi connectivity index (χ1v) is 13.4. The Morgan fingerprint density at radius 1 is 1.10 bits per heavy atom. The molecular weight excluding hydrogens is 518 g/mol. The van der Waals surface area contributed by atoms with Crippen molar-refractivity contribution in [3.8, 4) is 11.5 Å². The van der Waals surface area contributed by atoms with Crippen LogP contribution in [0.1, 0.15) is 49.5 Å². The molecule has 0 radical (unpaired) electrons. The molecule has 4 aliphatic rings. The highest BCUT2D eigenvalue weighted by molar-refractivity contribution is 5.84. The van der Waals surface area contributed by atoms with Crippen LogP contribution in [0.15, 0.2) is 54.3 Å². The fraction of sp³-hybridized carbons (Fsp3) is 0.433. The highest BCUT2D eigenvalue weighted by Crippen LogP contribution is 2.65. The van der Waals surface area contributed by atoms with Gasteiger partial charge in [0.15, 0.2) is 23.7 Å². The molecule has 1 unspecified atom stereocenters. The van der Waals surface area contributed by atoms with Crippen LogP contribution < -0.4 is 4.74 Å². The summed E-state index contributed by atoms with van der Waals surface area (Å²) in [7, 11) is 1.99. The van der Waals surface area contributed by atoms with Gasteiger partial charge in [-0.25, -0.2) is 9.59 Å². The smallest absolute Gasteiger partial charge is 0.353 e. The number of rotatable bonds is 6. The molecule has 2 bridgehead atoms. The third-order valence-electron chi connectivity index (χ3n) is 8.80. The van der Waals surface area contributed by atoms with Gasteiger partial charge in [0.1, 0.15) is 5.76 Å². The van der Waals surface area contributed by atoms with E-state index in [0.717, 1.165) is 11.1 Å². The number of ether oxygens (including phenoxy) is 4. The topological polar surface area (TPSA) is 132 Å². The van der Waals surface area contributed by atoms with Crippen molar-refractivity contribution >= 4 is 17.9 Å². The van der Waals surface area contributed by atoms with Crippen LogP contribution >= 0.6 is 0 Å². The molecular formula is C30H31NO9. The van der Waals surface area contributed by atoms with Crippen LogP contribution in [0.3, 0.4) is 0 Å². The molecule has 10 nitrogen and oxygen atoms in total. The van der Waals surface area contributed by atoms with Crippen LogP contribution in [-0.2, 0) is 40.4 Å². The number of esters is 3. The molecule has 1 spiro atoms. The molecule has 1 saturated heterocycles. The lowest BCUT2D eigenvalue weighted by Gasteiger charge is -2.61. The van der Waals surface area contributed by atoms with Crippen molar-refractivity contribution in [2.45, 2.75) is 68.5 Å². The number of hydrogen-bond acceptors (Lipinski definition) is 10. The predicted molar refractivity (Wildman–Crippen MR) is 139 cm³/mol. The van der Waals surface area contributed by atoms with E-state index in [1.807, 2.05) is 13.1 Å². The summed E-state index contributed by atoms with van der Waals surface area (Å²) in [5.74, 6) is -1.97. The lowest BCUT2D eigenvalue weighted by Crippen LogP contribution is -2.74. The summed E-state index contributed by atoms with van der Waals surface area (Å²) < 4.78 is 22.6. The van der Waals surface area contributed by atoms with E-state index in [0.29, 0.717) is 30.7 Å². The van der Waals surface area contributed by atoms with E-state index in [9.17, 15) is 24.6 Å². The first kappa shape index (κ1) is 26.3. The van der Waals surface area contributed by atoms with Crippen LogP contribution in [0.4, 0.5) is 0 Å². The maximum atomic E-state index is 13.2. The van der Waals surface area contributed by atoms with Gasteiger partial charge in [-0.2, -0.15) is 0 Å². The maximum Gasteiger partial charge on any atom is 0.353 e. The van der Waals surface area contributed by atoms with Gasteiger partial charge in [-0.1, -0.05) is 36.4 Å². The highest BCUT2D eigenvalue weighted by Gasteiger charge is 2.72. The van der Waals surface area contributed by atoms with Crippen molar-refractivity contribution in [1.82, 2.24) is 4.90 Å². The van der Waals surface area contributed by atoms with Crippen LogP contribution in [0.25, 0.3) is 0 Å². The zero-order chi connectivity index (χ0) is 28.4. The summed E-state index contributed by atoms with van der Waals surface area (Å²) >= 11 is 0. The van der Waals surface area contributed by atoms with E-state index >= 15 is 0 Å².